The van der Waals surface area contributed by atoms with Gasteiger partial charge in [0.2, 0.25) is 0 Å². The number of allylic oxidation sites excluding steroid dienone is 2. The molecule has 25 heavy (non-hydrogen) atoms. The van der Waals surface area contributed by atoms with Gasteiger partial charge in [-0.3, -0.25) is 4.79 Å². The van der Waals surface area contributed by atoms with E-state index in [2.05, 4.69) is 6.58 Å². The van der Waals surface area contributed by atoms with Crippen LogP contribution in [0.25, 0.3) is 11.6 Å². The lowest BCUT2D eigenvalue weighted by molar-refractivity contribution is 0.112. The number of carbonyl (C=O) groups is 1. The fourth-order valence-electron chi connectivity index (χ4n) is 3.34. The van der Waals surface area contributed by atoms with Gasteiger partial charge in [0.15, 0.2) is 11.6 Å². The van der Waals surface area contributed by atoms with Crippen LogP contribution in [-0.4, -0.2) is 6.29 Å². The highest BCUT2D eigenvalue weighted by molar-refractivity contribution is 5.78. The van der Waals surface area contributed by atoms with Gasteiger partial charge in [-0.25, -0.2) is 8.78 Å². The molecule has 4 heteroatoms. The van der Waals surface area contributed by atoms with Crippen molar-refractivity contribution >= 4 is 23.6 Å². The normalized spacial score (nSPS) is 13.4. The van der Waals surface area contributed by atoms with Crippen molar-refractivity contribution in [2.45, 2.75) is 26.9 Å². The number of hydrogen-bond donors (Lipinski definition) is 0. The standard InChI is InChI=1S/C21H19F2NO/c1-4-5-16-19(13(2)3)17-10-24(11-18(17)21(23)20(16)22)15-8-6-14(12-25)7-9-15/h4-9,12H,2,10-11H2,1,3H3. The summed E-state index contributed by atoms with van der Waals surface area (Å²) in [6.45, 7) is 8.29. The van der Waals surface area contributed by atoms with Crippen molar-refractivity contribution in [2.24, 2.45) is 0 Å². The zero-order valence-corrected chi connectivity index (χ0v) is 14.3. The monoisotopic (exact) mass is 339 g/mol. The molecular weight excluding hydrogens is 320 g/mol. The molecule has 0 aliphatic carbocycles. The van der Waals surface area contributed by atoms with Crippen LogP contribution in [0.2, 0.25) is 0 Å². The van der Waals surface area contributed by atoms with Crippen LogP contribution in [0.5, 0.6) is 0 Å². The number of nitrogens with zero attached hydrogens (tertiary/aromatic N) is 1. The molecule has 3 rings (SSSR count). The molecule has 0 radical (unpaired) electrons. The number of fused-ring (bicyclic) bond motifs is 1. The van der Waals surface area contributed by atoms with Gasteiger partial charge >= 0.3 is 0 Å². The van der Waals surface area contributed by atoms with E-state index in [1.165, 1.54) is 0 Å². The molecule has 0 saturated heterocycles. The minimum Gasteiger partial charge on any atom is -0.363 e. The average Bonchev–Trinajstić information content (AvgIpc) is 3.04. The van der Waals surface area contributed by atoms with E-state index in [4.69, 9.17) is 0 Å². The SMILES string of the molecule is C=C(C)c1c(C=CC)c(F)c(F)c2c1CN(c1ccc(C=O)cc1)C2. The second-order valence-electron chi connectivity index (χ2n) is 6.22. The zero-order chi connectivity index (χ0) is 18.1. The minimum absolute atomic E-state index is 0.254. The number of hydrogen-bond acceptors (Lipinski definition) is 2. The summed E-state index contributed by atoms with van der Waals surface area (Å²) in [5, 5.41) is 0. The highest BCUT2D eigenvalue weighted by Crippen LogP contribution is 2.38. The number of aldehydes is 1. The maximum Gasteiger partial charge on any atom is 0.167 e. The molecule has 1 heterocycles. The lowest BCUT2D eigenvalue weighted by Gasteiger charge is -2.18. The Kier molecular flexibility index (Phi) is 4.53. The van der Waals surface area contributed by atoms with Crippen molar-refractivity contribution in [1.29, 1.82) is 0 Å². The first-order valence-corrected chi connectivity index (χ1v) is 8.09. The van der Waals surface area contributed by atoms with E-state index >= 15 is 0 Å². The first-order chi connectivity index (χ1) is 12.0. The van der Waals surface area contributed by atoms with Crippen LogP contribution in [0.3, 0.4) is 0 Å². The summed E-state index contributed by atoms with van der Waals surface area (Å²) in [4.78, 5) is 12.8. The number of anilines is 1. The molecular formula is C21H19F2NO. The van der Waals surface area contributed by atoms with Crippen molar-refractivity contribution in [3.8, 4) is 0 Å². The first kappa shape index (κ1) is 17.1. The molecule has 0 amide bonds. The van der Waals surface area contributed by atoms with Crippen LogP contribution in [0.1, 0.15) is 46.5 Å². The molecule has 128 valence electrons. The van der Waals surface area contributed by atoms with Gasteiger partial charge in [-0.1, -0.05) is 24.3 Å². The first-order valence-electron chi connectivity index (χ1n) is 8.09. The summed E-state index contributed by atoms with van der Waals surface area (Å²) >= 11 is 0. The smallest absolute Gasteiger partial charge is 0.167 e. The van der Waals surface area contributed by atoms with Crippen molar-refractivity contribution in [3.63, 3.8) is 0 Å². The molecule has 0 aromatic heterocycles. The van der Waals surface area contributed by atoms with Gasteiger partial charge in [-0.05, 0) is 49.2 Å². The summed E-state index contributed by atoms with van der Waals surface area (Å²) in [6, 6.07) is 7.06. The Morgan fingerprint density at radius 3 is 2.32 bits per heavy atom. The predicted molar refractivity (Wildman–Crippen MR) is 97.5 cm³/mol. The van der Waals surface area contributed by atoms with E-state index in [0.29, 0.717) is 28.8 Å². The molecule has 1 aliphatic heterocycles. The van der Waals surface area contributed by atoms with Crippen LogP contribution in [-0.2, 0) is 13.1 Å². The van der Waals surface area contributed by atoms with Crippen LogP contribution in [0.15, 0.2) is 36.9 Å². The second-order valence-corrected chi connectivity index (χ2v) is 6.22. The predicted octanol–water partition coefficient (Wildman–Crippen LogP) is 5.36. The maximum absolute atomic E-state index is 14.6. The Labute approximate surface area is 146 Å². The third-order valence-electron chi connectivity index (χ3n) is 4.48. The Bertz CT molecular complexity index is 882. The van der Waals surface area contributed by atoms with E-state index in [-0.39, 0.29) is 12.1 Å². The van der Waals surface area contributed by atoms with E-state index in [1.54, 1.807) is 31.2 Å². The fourth-order valence-corrected chi connectivity index (χ4v) is 3.34. The highest BCUT2D eigenvalue weighted by atomic mass is 19.2. The summed E-state index contributed by atoms with van der Waals surface area (Å²) in [5.74, 6) is -1.62. The number of carbonyl (C=O) groups excluding carboxylic acids is 1. The van der Waals surface area contributed by atoms with E-state index in [1.807, 2.05) is 24.0 Å². The summed E-state index contributed by atoms with van der Waals surface area (Å²) in [6.07, 6.45) is 4.06. The Morgan fingerprint density at radius 2 is 1.76 bits per heavy atom. The fraction of sp³-hybridized carbons (Fsp3) is 0.190. The Hall–Kier alpha value is -2.75. The number of benzene rings is 2. The Balaban J connectivity index is 2.10. The van der Waals surface area contributed by atoms with E-state index in [0.717, 1.165) is 17.5 Å². The zero-order valence-electron chi connectivity index (χ0n) is 14.3. The van der Waals surface area contributed by atoms with Gasteiger partial charge in [0.1, 0.15) is 6.29 Å². The third kappa shape index (κ3) is 2.88. The van der Waals surface area contributed by atoms with Crippen LogP contribution in [0, 0.1) is 11.6 Å². The summed E-state index contributed by atoms with van der Waals surface area (Å²) in [5.41, 5.74) is 4.24. The van der Waals surface area contributed by atoms with Gasteiger partial charge in [0, 0.05) is 35.5 Å². The quantitative estimate of drug-likeness (QED) is 0.699. The topological polar surface area (TPSA) is 20.3 Å². The molecule has 2 nitrogen and oxygen atoms in total. The van der Waals surface area contributed by atoms with Gasteiger partial charge in [0.05, 0.1) is 0 Å². The van der Waals surface area contributed by atoms with Gasteiger partial charge < -0.3 is 4.90 Å². The molecule has 0 N–H and O–H groups in total. The lowest BCUT2D eigenvalue weighted by Crippen LogP contribution is -2.14. The molecule has 2 aromatic carbocycles. The van der Waals surface area contributed by atoms with E-state index in [9.17, 15) is 13.6 Å². The van der Waals surface area contributed by atoms with Crippen molar-refractivity contribution in [3.05, 3.63) is 76.4 Å². The van der Waals surface area contributed by atoms with E-state index < -0.39 is 11.6 Å². The van der Waals surface area contributed by atoms with Gasteiger partial charge in [-0.2, -0.15) is 0 Å². The van der Waals surface area contributed by atoms with Crippen molar-refractivity contribution in [1.82, 2.24) is 0 Å². The molecule has 0 bridgehead atoms. The molecule has 0 fully saturated rings. The molecule has 2 aromatic rings. The van der Waals surface area contributed by atoms with Crippen LogP contribution in [0.4, 0.5) is 14.5 Å². The average molecular weight is 339 g/mol. The van der Waals surface area contributed by atoms with Crippen molar-refractivity contribution < 1.29 is 13.6 Å². The molecule has 1 aliphatic rings. The lowest BCUT2D eigenvalue weighted by atomic mass is 9.92. The summed E-state index contributed by atoms with van der Waals surface area (Å²) < 4.78 is 29.2. The molecule has 0 unspecified atom stereocenters. The van der Waals surface area contributed by atoms with Gasteiger partial charge in [-0.15, -0.1) is 0 Å². The number of halogens is 2. The second kappa shape index (κ2) is 6.63. The Morgan fingerprint density at radius 1 is 1.12 bits per heavy atom. The number of rotatable bonds is 4. The third-order valence-corrected chi connectivity index (χ3v) is 4.48. The summed E-state index contributed by atoms with van der Waals surface area (Å²) in [7, 11) is 0. The maximum atomic E-state index is 14.6. The van der Waals surface area contributed by atoms with Gasteiger partial charge in [0.25, 0.3) is 0 Å². The minimum atomic E-state index is -0.826. The van der Waals surface area contributed by atoms with Crippen molar-refractivity contribution in [2.75, 3.05) is 4.90 Å². The van der Waals surface area contributed by atoms with Crippen LogP contribution < -0.4 is 4.90 Å². The van der Waals surface area contributed by atoms with Crippen LogP contribution >= 0.6 is 0 Å². The molecule has 0 atom stereocenters. The molecule has 0 spiro atoms. The highest BCUT2D eigenvalue weighted by Gasteiger charge is 2.30. The largest absolute Gasteiger partial charge is 0.363 e. The molecule has 0 saturated carbocycles.